The number of benzene rings is 2. The average Bonchev–Trinajstić information content (AvgIpc) is 2.78. The van der Waals surface area contributed by atoms with Gasteiger partial charge in [-0.15, -0.1) is 0 Å². The lowest BCUT2D eigenvalue weighted by Gasteiger charge is -2.34. The van der Waals surface area contributed by atoms with E-state index in [9.17, 15) is 23.3 Å². The van der Waals surface area contributed by atoms with Crippen molar-refractivity contribution in [1.29, 1.82) is 0 Å². The van der Waals surface area contributed by atoms with Crippen LogP contribution in [0.1, 0.15) is 36.9 Å². The van der Waals surface area contributed by atoms with Crippen LogP contribution in [0.3, 0.4) is 0 Å². The molecule has 2 aromatic carbocycles. The van der Waals surface area contributed by atoms with Gasteiger partial charge < -0.3 is 4.90 Å². The summed E-state index contributed by atoms with van der Waals surface area (Å²) in [6.07, 6.45) is 0.881. The number of carbonyl (C=O) groups is 1. The zero-order valence-corrected chi connectivity index (χ0v) is 18.7. The number of sulfonamides is 1. The fourth-order valence-corrected chi connectivity index (χ4v) is 5.27. The molecule has 31 heavy (non-hydrogen) atoms. The number of rotatable bonds is 6. The SMILES string of the molecule is Cc1ccc(S(=O)(=O)N2CCC(C(=O)N(C)C(C)c3cccc([N+](=O)[O-])c3)CC2)cc1. The highest BCUT2D eigenvalue weighted by atomic mass is 32.2. The molecule has 3 rings (SSSR count). The first-order valence-corrected chi connectivity index (χ1v) is 11.6. The van der Waals surface area contributed by atoms with Crippen LogP contribution < -0.4 is 0 Å². The van der Waals surface area contributed by atoms with Crippen LogP contribution in [0.25, 0.3) is 0 Å². The highest BCUT2D eigenvalue weighted by Crippen LogP contribution is 2.29. The van der Waals surface area contributed by atoms with Gasteiger partial charge >= 0.3 is 0 Å². The minimum Gasteiger partial charge on any atom is -0.339 e. The molecule has 0 aliphatic carbocycles. The summed E-state index contributed by atoms with van der Waals surface area (Å²) in [5.74, 6) is -0.359. The van der Waals surface area contributed by atoms with Crippen LogP contribution in [0.15, 0.2) is 53.4 Å². The second-order valence-corrected chi connectivity index (χ2v) is 9.91. The molecule has 1 unspecified atom stereocenters. The molecule has 1 aliphatic rings. The first-order valence-electron chi connectivity index (χ1n) is 10.2. The first kappa shape index (κ1) is 22.9. The molecule has 0 N–H and O–H groups in total. The monoisotopic (exact) mass is 445 g/mol. The Morgan fingerprint density at radius 1 is 1.16 bits per heavy atom. The Hall–Kier alpha value is -2.78. The molecule has 166 valence electrons. The van der Waals surface area contributed by atoms with Crippen molar-refractivity contribution in [2.75, 3.05) is 20.1 Å². The Morgan fingerprint density at radius 2 is 1.77 bits per heavy atom. The molecule has 0 saturated carbocycles. The molecule has 1 fully saturated rings. The van der Waals surface area contributed by atoms with Crippen LogP contribution >= 0.6 is 0 Å². The van der Waals surface area contributed by atoms with E-state index < -0.39 is 14.9 Å². The molecule has 1 saturated heterocycles. The number of piperidine rings is 1. The minimum absolute atomic E-state index is 0.0141. The number of hydrogen-bond acceptors (Lipinski definition) is 5. The van der Waals surface area contributed by atoms with Gasteiger partial charge in [0.05, 0.1) is 15.9 Å². The van der Waals surface area contributed by atoms with Crippen LogP contribution in [-0.2, 0) is 14.8 Å². The van der Waals surface area contributed by atoms with Crippen molar-refractivity contribution in [3.63, 3.8) is 0 Å². The zero-order valence-electron chi connectivity index (χ0n) is 17.9. The number of nitro groups is 1. The Balaban J connectivity index is 1.65. The molecule has 1 heterocycles. The molecular formula is C22H27N3O5S. The fourth-order valence-electron chi connectivity index (χ4n) is 3.80. The van der Waals surface area contributed by atoms with Gasteiger partial charge in [0, 0.05) is 38.2 Å². The smallest absolute Gasteiger partial charge is 0.269 e. The number of nitrogens with zero attached hydrogens (tertiary/aromatic N) is 3. The third-order valence-electron chi connectivity index (χ3n) is 5.95. The van der Waals surface area contributed by atoms with Gasteiger partial charge in [-0.25, -0.2) is 8.42 Å². The highest BCUT2D eigenvalue weighted by molar-refractivity contribution is 7.89. The second-order valence-electron chi connectivity index (χ2n) is 7.97. The number of non-ortho nitro benzene ring substituents is 1. The van der Waals surface area contributed by atoms with E-state index in [0.29, 0.717) is 18.4 Å². The van der Waals surface area contributed by atoms with Crippen LogP contribution in [0.5, 0.6) is 0 Å². The normalized spacial score (nSPS) is 16.6. The van der Waals surface area contributed by atoms with Crippen molar-refractivity contribution in [3.8, 4) is 0 Å². The Bertz CT molecular complexity index is 1060. The van der Waals surface area contributed by atoms with E-state index in [2.05, 4.69) is 0 Å². The lowest BCUT2D eigenvalue weighted by Crippen LogP contribution is -2.43. The predicted molar refractivity (Wildman–Crippen MR) is 117 cm³/mol. The third kappa shape index (κ3) is 4.94. The van der Waals surface area contributed by atoms with Gasteiger partial charge in [0.1, 0.15) is 0 Å². The van der Waals surface area contributed by atoms with Gasteiger partial charge in [0.25, 0.3) is 5.69 Å². The maximum atomic E-state index is 13.0. The lowest BCUT2D eigenvalue weighted by molar-refractivity contribution is -0.384. The Morgan fingerprint density at radius 3 is 2.35 bits per heavy atom. The number of amides is 1. The van der Waals surface area contributed by atoms with Crippen LogP contribution in [0.2, 0.25) is 0 Å². The van der Waals surface area contributed by atoms with Crippen molar-refractivity contribution < 1.29 is 18.1 Å². The Kier molecular flexibility index (Phi) is 6.76. The molecule has 2 aromatic rings. The van der Waals surface area contributed by atoms with Gasteiger partial charge in [0.15, 0.2) is 0 Å². The minimum atomic E-state index is -3.58. The third-order valence-corrected chi connectivity index (χ3v) is 7.87. The number of aryl methyl sites for hydroxylation is 1. The maximum Gasteiger partial charge on any atom is 0.269 e. The number of carbonyl (C=O) groups excluding carboxylic acids is 1. The summed E-state index contributed by atoms with van der Waals surface area (Å²) in [6, 6.07) is 12.7. The summed E-state index contributed by atoms with van der Waals surface area (Å²) in [6.45, 7) is 4.30. The maximum absolute atomic E-state index is 13.0. The summed E-state index contributed by atoms with van der Waals surface area (Å²) in [5.41, 5.74) is 1.66. The van der Waals surface area contributed by atoms with Crippen molar-refractivity contribution in [2.45, 2.75) is 37.6 Å². The topological polar surface area (TPSA) is 101 Å². The predicted octanol–water partition coefficient (Wildman–Crippen LogP) is 3.52. The summed E-state index contributed by atoms with van der Waals surface area (Å²) >= 11 is 0. The fraction of sp³-hybridized carbons (Fsp3) is 0.409. The van der Waals surface area contributed by atoms with Crippen molar-refractivity contribution in [1.82, 2.24) is 9.21 Å². The number of nitro benzene ring substituents is 1. The molecule has 1 aliphatic heterocycles. The molecule has 0 bridgehead atoms. The van der Waals surface area contributed by atoms with Gasteiger partial charge in [-0.1, -0.05) is 29.8 Å². The van der Waals surface area contributed by atoms with Crippen molar-refractivity contribution in [3.05, 3.63) is 69.8 Å². The number of hydrogen-bond donors (Lipinski definition) is 0. The van der Waals surface area contributed by atoms with Gasteiger partial charge in [-0.05, 0) is 44.4 Å². The molecular weight excluding hydrogens is 418 g/mol. The quantitative estimate of drug-likeness (QED) is 0.500. The van der Waals surface area contributed by atoms with Gasteiger partial charge in [-0.3, -0.25) is 14.9 Å². The van der Waals surface area contributed by atoms with E-state index in [4.69, 9.17) is 0 Å². The summed E-state index contributed by atoms with van der Waals surface area (Å²) in [4.78, 5) is 25.4. The largest absolute Gasteiger partial charge is 0.339 e. The molecule has 0 spiro atoms. The lowest BCUT2D eigenvalue weighted by atomic mass is 9.95. The summed E-state index contributed by atoms with van der Waals surface area (Å²) < 4.78 is 27.2. The van der Waals surface area contributed by atoms with Crippen molar-refractivity contribution >= 4 is 21.6 Å². The molecule has 8 nitrogen and oxygen atoms in total. The molecule has 1 atom stereocenters. The first-order chi connectivity index (χ1) is 14.6. The van der Waals surface area contributed by atoms with E-state index in [1.807, 2.05) is 13.8 Å². The van der Waals surface area contributed by atoms with E-state index in [-0.39, 0.29) is 41.5 Å². The van der Waals surface area contributed by atoms with E-state index >= 15 is 0 Å². The van der Waals surface area contributed by atoms with Crippen LogP contribution in [0.4, 0.5) is 5.69 Å². The van der Waals surface area contributed by atoms with E-state index in [1.54, 1.807) is 48.3 Å². The molecule has 0 aromatic heterocycles. The Labute approximate surface area is 182 Å². The van der Waals surface area contributed by atoms with Crippen LogP contribution in [-0.4, -0.2) is 48.6 Å². The zero-order chi connectivity index (χ0) is 22.8. The van der Waals surface area contributed by atoms with Crippen LogP contribution in [0, 0.1) is 23.0 Å². The standard InChI is InChI=1S/C22H27N3O5S/c1-16-7-9-21(10-8-16)31(29,30)24-13-11-18(12-14-24)22(26)23(3)17(2)19-5-4-6-20(15-19)25(27)28/h4-10,15,17-18H,11-14H2,1-3H3. The van der Waals surface area contributed by atoms with Gasteiger partial charge in [0.2, 0.25) is 15.9 Å². The highest BCUT2D eigenvalue weighted by Gasteiger charge is 2.34. The average molecular weight is 446 g/mol. The van der Waals surface area contributed by atoms with Crippen molar-refractivity contribution in [2.24, 2.45) is 5.92 Å². The molecule has 0 radical (unpaired) electrons. The molecule has 1 amide bonds. The second kappa shape index (κ2) is 9.15. The van der Waals surface area contributed by atoms with E-state index in [0.717, 1.165) is 5.56 Å². The van der Waals surface area contributed by atoms with Gasteiger partial charge in [-0.2, -0.15) is 4.31 Å². The van der Waals surface area contributed by atoms with E-state index in [1.165, 1.54) is 16.4 Å². The summed E-state index contributed by atoms with van der Waals surface area (Å²) in [7, 11) is -1.89. The summed E-state index contributed by atoms with van der Waals surface area (Å²) in [5, 5.41) is 11.0. The molecule has 9 heteroatoms.